The Hall–Kier alpha value is -1.63. The second-order valence-electron chi connectivity index (χ2n) is 6.18. The maximum atomic E-state index is 4.45. The molecule has 0 aromatic carbocycles. The van der Waals surface area contributed by atoms with Crippen LogP contribution in [0.5, 0.6) is 0 Å². The Labute approximate surface area is 125 Å². The molecule has 0 unspecified atom stereocenters. The molecule has 0 aliphatic heterocycles. The summed E-state index contributed by atoms with van der Waals surface area (Å²) in [5, 5.41) is 0. The van der Waals surface area contributed by atoms with Crippen molar-refractivity contribution in [1.82, 2.24) is 0 Å². The number of nitrogens with zero attached hydrogens (tertiary/aromatic N) is 1. The highest BCUT2D eigenvalue weighted by molar-refractivity contribution is 5.79. The lowest BCUT2D eigenvalue weighted by Gasteiger charge is -2.25. The highest BCUT2D eigenvalue weighted by atomic mass is 14.7. The average Bonchev–Trinajstić information content (AvgIpc) is 2.33. The molecule has 0 bridgehead atoms. The molecule has 0 atom stereocenters. The van der Waals surface area contributed by atoms with E-state index in [1.807, 2.05) is 33.0 Å². The van der Waals surface area contributed by atoms with Crippen LogP contribution < -0.4 is 0 Å². The van der Waals surface area contributed by atoms with Gasteiger partial charge in [-0.2, -0.15) is 0 Å². The van der Waals surface area contributed by atoms with Crippen molar-refractivity contribution in [2.45, 2.75) is 48.5 Å². The number of hydrogen-bond donors (Lipinski definition) is 0. The molecule has 0 aliphatic rings. The first-order chi connectivity index (χ1) is 9.13. The van der Waals surface area contributed by atoms with Crippen molar-refractivity contribution >= 4 is 5.71 Å². The zero-order valence-electron chi connectivity index (χ0n) is 14.2. The minimum absolute atomic E-state index is 0.0119. The predicted octanol–water partition coefficient (Wildman–Crippen LogP) is 6.03. The van der Waals surface area contributed by atoms with Gasteiger partial charge in [0, 0.05) is 11.9 Å². The third-order valence-electron chi connectivity index (χ3n) is 2.99. The summed E-state index contributed by atoms with van der Waals surface area (Å²) in [6.07, 6.45) is 7.97. The maximum Gasteiger partial charge on any atom is 0.0310 e. The highest BCUT2D eigenvalue weighted by Crippen LogP contribution is 2.34. The Morgan fingerprint density at radius 1 is 1.10 bits per heavy atom. The molecule has 0 fully saturated rings. The first-order valence-electron chi connectivity index (χ1n) is 7.01. The third kappa shape index (κ3) is 6.01. The van der Waals surface area contributed by atoms with Crippen molar-refractivity contribution in [1.29, 1.82) is 0 Å². The maximum absolute atomic E-state index is 4.45. The molecule has 110 valence electrons. The lowest BCUT2D eigenvalue weighted by Crippen LogP contribution is -2.12. The predicted molar refractivity (Wildman–Crippen MR) is 93.2 cm³/mol. The van der Waals surface area contributed by atoms with Gasteiger partial charge in [-0.1, -0.05) is 57.7 Å². The SMILES string of the molecule is C=C/C(=C\C(C)=C/C)C(=C)/C(=C\N=C(C)C)C(C)(C)C. The summed E-state index contributed by atoms with van der Waals surface area (Å²) in [4.78, 5) is 4.45. The van der Waals surface area contributed by atoms with Gasteiger partial charge in [-0.25, -0.2) is 0 Å². The zero-order valence-corrected chi connectivity index (χ0v) is 14.2. The fourth-order valence-corrected chi connectivity index (χ4v) is 1.67. The largest absolute Gasteiger partial charge is 0.266 e. The zero-order chi connectivity index (χ0) is 15.9. The second-order valence-corrected chi connectivity index (χ2v) is 6.18. The highest BCUT2D eigenvalue weighted by Gasteiger charge is 2.20. The Bertz CT molecular complexity index is 484. The van der Waals surface area contributed by atoms with E-state index in [0.29, 0.717) is 0 Å². The molecule has 0 aromatic rings. The van der Waals surface area contributed by atoms with E-state index in [0.717, 1.165) is 22.4 Å². The van der Waals surface area contributed by atoms with Crippen LogP contribution in [0.1, 0.15) is 48.5 Å². The summed E-state index contributed by atoms with van der Waals surface area (Å²) < 4.78 is 0. The molecule has 20 heavy (non-hydrogen) atoms. The van der Waals surface area contributed by atoms with Gasteiger partial charge in [0.05, 0.1) is 0 Å². The van der Waals surface area contributed by atoms with Crippen molar-refractivity contribution < 1.29 is 0 Å². The summed E-state index contributed by atoms with van der Waals surface area (Å²) in [5.74, 6) is 0. The Morgan fingerprint density at radius 3 is 2.00 bits per heavy atom. The smallest absolute Gasteiger partial charge is 0.0310 e. The molecule has 0 saturated carbocycles. The number of rotatable bonds is 5. The van der Waals surface area contributed by atoms with Gasteiger partial charge in [-0.05, 0) is 49.8 Å². The molecule has 0 spiro atoms. The normalized spacial score (nSPS) is 14.1. The minimum atomic E-state index is -0.0119. The number of hydrogen-bond acceptors (Lipinski definition) is 1. The topological polar surface area (TPSA) is 12.4 Å². The summed E-state index contributed by atoms with van der Waals surface area (Å²) in [6, 6.07) is 0. The van der Waals surface area contributed by atoms with Crippen LogP contribution in [0.15, 0.2) is 64.9 Å². The molecule has 0 rings (SSSR count). The molecule has 1 heteroatoms. The summed E-state index contributed by atoms with van der Waals surface area (Å²) >= 11 is 0. The number of allylic oxidation sites excluding steroid dienone is 7. The van der Waals surface area contributed by atoms with Gasteiger partial charge >= 0.3 is 0 Å². The lowest BCUT2D eigenvalue weighted by molar-refractivity contribution is 0.511. The molecule has 0 heterocycles. The van der Waals surface area contributed by atoms with Gasteiger partial charge in [-0.3, -0.25) is 4.99 Å². The first kappa shape index (κ1) is 18.4. The Balaban J connectivity index is 5.79. The minimum Gasteiger partial charge on any atom is -0.266 e. The van der Waals surface area contributed by atoms with E-state index >= 15 is 0 Å². The van der Waals surface area contributed by atoms with Crippen LogP contribution in [0, 0.1) is 5.41 Å². The van der Waals surface area contributed by atoms with Gasteiger partial charge in [0.2, 0.25) is 0 Å². The molecule has 0 radical (unpaired) electrons. The van der Waals surface area contributed by atoms with Gasteiger partial charge in [0.25, 0.3) is 0 Å². The van der Waals surface area contributed by atoms with E-state index in [2.05, 4.69) is 58.0 Å². The van der Waals surface area contributed by atoms with Crippen LogP contribution in [0.2, 0.25) is 0 Å². The van der Waals surface area contributed by atoms with Crippen LogP contribution in [-0.4, -0.2) is 5.71 Å². The van der Waals surface area contributed by atoms with Crippen molar-refractivity contribution in [3.05, 3.63) is 59.9 Å². The van der Waals surface area contributed by atoms with Crippen molar-refractivity contribution in [3.8, 4) is 0 Å². The van der Waals surface area contributed by atoms with E-state index < -0.39 is 0 Å². The Morgan fingerprint density at radius 2 is 1.65 bits per heavy atom. The lowest BCUT2D eigenvalue weighted by atomic mass is 9.80. The van der Waals surface area contributed by atoms with E-state index in [-0.39, 0.29) is 5.41 Å². The molecule has 0 saturated heterocycles. The fourth-order valence-electron chi connectivity index (χ4n) is 1.67. The van der Waals surface area contributed by atoms with Gasteiger partial charge in [-0.15, -0.1) is 0 Å². The Kier molecular flexibility index (Phi) is 7.20. The summed E-state index contributed by atoms with van der Waals surface area (Å²) in [7, 11) is 0. The monoisotopic (exact) mass is 271 g/mol. The molecule has 0 N–H and O–H groups in total. The van der Waals surface area contributed by atoms with Gasteiger partial charge in [0.15, 0.2) is 0 Å². The van der Waals surface area contributed by atoms with Crippen molar-refractivity contribution in [2.24, 2.45) is 10.4 Å². The first-order valence-corrected chi connectivity index (χ1v) is 7.01. The molecule has 0 aromatic heterocycles. The average molecular weight is 271 g/mol. The van der Waals surface area contributed by atoms with Crippen molar-refractivity contribution in [2.75, 3.05) is 0 Å². The summed E-state index contributed by atoms with van der Waals surface area (Å²) in [6.45, 7) is 22.8. The standard InChI is InChI=1S/C19H29N/c1-10-15(5)12-17(11-2)16(6)18(19(7,8)9)13-20-14(3)4/h10-13H,2,6H2,1,3-5,7-9H3/b15-10-,17-12+,18-13+. The quantitative estimate of drug-likeness (QED) is 0.427. The van der Waals surface area contributed by atoms with Crippen LogP contribution in [0.25, 0.3) is 0 Å². The molecular formula is C19H29N. The van der Waals surface area contributed by atoms with Gasteiger partial charge in [0.1, 0.15) is 0 Å². The van der Waals surface area contributed by atoms with Crippen LogP contribution >= 0.6 is 0 Å². The number of aliphatic imine (C=N–C) groups is 1. The van der Waals surface area contributed by atoms with E-state index in [9.17, 15) is 0 Å². The molecular weight excluding hydrogens is 242 g/mol. The van der Waals surface area contributed by atoms with Crippen LogP contribution in [0.4, 0.5) is 0 Å². The van der Waals surface area contributed by atoms with Crippen LogP contribution in [-0.2, 0) is 0 Å². The third-order valence-corrected chi connectivity index (χ3v) is 2.99. The van der Waals surface area contributed by atoms with Crippen molar-refractivity contribution in [3.63, 3.8) is 0 Å². The van der Waals surface area contributed by atoms with E-state index in [1.54, 1.807) is 0 Å². The van der Waals surface area contributed by atoms with Crippen LogP contribution in [0.3, 0.4) is 0 Å². The second kappa shape index (κ2) is 7.84. The molecule has 1 nitrogen and oxygen atoms in total. The van der Waals surface area contributed by atoms with E-state index in [4.69, 9.17) is 0 Å². The molecule has 0 aliphatic carbocycles. The fraction of sp³-hybridized carbons (Fsp3) is 0.421. The summed E-state index contributed by atoms with van der Waals surface area (Å²) in [5.41, 5.74) is 5.39. The molecule has 0 amide bonds. The van der Waals surface area contributed by atoms with Gasteiger partial charge < -0.3 is 0 Å². The van der Waals surface area contributed by atoms with E-state index in [1.165, 1.54) is 5.57 Å².